The van der Waals surface area contributed by atoms with Gasteiger partial charge in [0.05, 0.1) is 6.10 Å². The fourth-order valence-corrected chi connectivity index (χ4v) is 2.98. The van der Waals surface area contributed by atoms with Crippen LogP contribution in [0.1, 0.15) is 36.5 Å². The van der Waals surface area contributed by atoms with Crippen molar-refractivity contribution < 1.29 is 9.53 Å². The number of halogens is 1. The molecule has 0 aromatic heterocycles. The molecule has 146 valence electrons. The largest absolute Gasteiger partial charge is 0.378 e. The molecule has 0 spiro atoms. The van der Waals surface area contributed by atoms with Crippen LogP contribution in [0.2, 0.25) is 0 Å². The maximum Gasteiger partial charge on any atom is 0.251 e. The van der Waals surface area contributed by atoms with E-state index in [-0.39, 0.29) is 29.9 Å². The number of nitrogens with zero attached hydrogens (tertiary/aromatic N) is 2. The molecule has 1 aromatic carbocycles. The van der Waals surface area contributed by atoms with Gasteiger partial charge in [-0.2, -0.15) is 0 Å². The molecule has 0 unspecified atom stereocenters. The maximum absolute atomic E-state index is 12.0. The van der Waals surface area contributed by atoms with E-state index in [0.717, 1.165) is 51.5 Å². The molecule has 26 heavy (non-hydrogen) atoms. The van der Waals surface area contributed by atoms with Crippen molar-refractivity contribution in [1.29, 1.82) is 0 Å². The van der Waals surface area contributed by atoms with Gasteiger partial charge in [-0.3, -0.25) is 9.79 Å². The number of guanidine groups is 1. The average molecular weight is 474 g/mol. The van der Waals surface area contributed by atoms with Crippen LogP contribution in [0.4, 0.5) is 0 Å². The van der Waals surface area contributed by atoms with Crippen molar-refractivity contribution in [3.05, 3.63) is 35.9 Å². The number of likely N-dealkylation sites (tertiary alicyclic amines) is 1. The summed E-state index contributed by atoms with van der Waals surface area (Å²) in [6.07, 6.45) is 3.32. The van der Waals surface area contributed by atoms with Gasteiger partial charge in [0.1, 0.15) is 0 Å². The molecule has 6 nitrogen and oxygen atoms in total. The number of nitrogens with one attached hydrogen (secondary N) is 2. The number of carbonyl (C=O) groups is 1. The first-order valence-corrected chi connectivity index (χ1v) is 9.15. The summed E-state index contributed by atoms with van der Waals surface area (Å²) in [7, 11) is 1.81. The molecular formula is C19H31IN4O2. The monoisotopic (exact) mass is 474 g/mol. The molecule has 1 saturated heterocycles. The Bertz CT molecular complexity index is 546. The Hall–Kier alpha value is -1.35. The van der Waals surface area contributed by atoms with E-state index in [4.69, 9.17) is 4.74 Å². The van der Waals surface area contributed by atoms with Crippen LogP contribution in [0.25, 0.3) is 0 Å². The smallest absolute Gasteiger partial charge is 0.251 e. The zero-order valence-corrected chi connectivity index (χ0v) is 18.1. The van der Waals surface area contributed by atoms with Gasteiger partial charge in [-0.15, -0.1) is 24.0 Å². The lowest BCUT2D eigenvalue weighted by atomic mass is 10.1. The fraction of sp³-hybridized carbons (Fsp3) is 0.579. The number of benzene rings is 1. The molecule has 0 radical (unpaired) electrons. The van der Waals surface area contributed by atoms with E-state index in [1.165, 1.54) is 0 Å². The quantitative estimate of drug-likeness (QED) is 0.276. The Balaban J connectivity index is 0.00000338. The highest BCUT2D eigenvalue weighted by Crippen LogP contribution is 2.13. The van der Waals surface area contributed by atoms with E-state index < -0.39 is 0 Å². The maximum atomic E-state index is 12.0. The predicted molar refractivity (Wildman–Crippen MR) is 116 cm³/mol. The van der Waals surface area contributed by atoms with Crippen molar-refractivity contribution >= 4 is 35.8 Å². The Morgan fingerprint density at radius 1 is 1.19 bits per heavy atom. The minimum atomic E-state index is -0.0250. The lowest BCUT2D eigenvalue weighted by Crippen LogP contribution is -2.47. The third kappa shape index (κ3) is 7.49. The van der Waals surface area contributed by atoms with Crippen LogP contribution in [0, 0.1) is 0 Å². The van der Waals surface area contributed by atoms with E-state index >= 15 is 0 Å². The summed E-state index contributed by atoms with van der Waals surface area (Å²) < 4.78 is 5.69. The second-order valence-corrected chi connectivity index (χ2v) is 6.09. The molecule has 1 aliphatic heterocycles. The first-order chi connectivity index (χ1) is 12.2. The SMILES string of the molecule is CCOC1CCN(C(=NC)NCCCNC(=O)c2ccccc2)CC1.I. The van der Waals surface area contributed by atoms with Crippen LogP contribution in [-0.4, -0.2) is 62.7 Å². The molecule has 1 heterocycles. The van der Waals surface area contributed by atoms with Crippen LogP contribution in [-0.2, 0) is 4.74 Å². The molecule has 1 aromatic rings. The van der Waals surface area contributed by atoms with Gasteiger partial charge in [-0.05, 0) is 38.3 Å². The molecule has 1 aliphatic rings. The van der Waals surface area contributed by atoms with Crippen molar-refractivity contribution in [2.24, 2.45) is 4.99 Å². The van der Waals surface area contributed by atoms with Crippen molar-refractivity contribution in [2.75, 3.05) is 39.8 Å². The molecule has 7 heteroatoms. The topological polar surface area (TPSA) is 66.0 Å². The number of rotatable bonds is 7. The molecular weight excluding hydrogens is 443 g/mol. The summed E-state index contributed by atoms with van der Waals surface area (Å²) >= 11 is 0. The highest BCUT2D eigenvalue weighted by Gasteiger charge is 2.21. The molecule has 0 saturated carbocycles. The van der Waals surface area contributed by atoms with E-state index in [2.05, 4.69) is 20.5 Å². The van der Waals surface area contributed by atoms with Crippen LogP contribution < -0.4 is 10.6 Å². The van der Waals surface area contributed by atoms with E-state index in [1.807, 2.05) is 44.3 Å². The van der Waals surface area contributed by atoms with E-state index in [1.54, 1.807) is 0 Å². The summed E-state index contributed by atoms with van der Waals surface area (Å²) in [5.41, 5.74) is 0.698. The van der Waals surface area contributed by atoms with Gasteiger partial charge < -0.3 is 20.3 Å². The average Bonchev–Trinajstić information content (AvgIpc) is 2.66. The third-order valence-corrected chi connectivity index (χ3v) is 4.31. The number of hydrogen-bond acceptors (Lipinski definition) is 3. The summed E-state index contributed by atoms with van der Waals surface area (Å²) in [6, 6.07) is 9.29. The van der Waals surface area contributed by atoms with Crippen molar-refractivity contribution in [1.82, 2.24) is 15.5 Å². The zero-order chi connectivity index (χ0) is 17.9. The molecule has 2 N–H and O–H groups in total. The van der Waals surface area contributed by atoms with Crippen molar-refractivity contribution in [2.45, 2.75) is 32.3 Å². The molecule has 0 aliphatic carbocycles. The Kier molecular flexibility index (Phi) is 11.3. The summed E-state index contributed by atoms with van der Waals surface area (Å²) in [6.45, 7) is 6.19. The lowest BCUT2D eigenvalue weighted by Gasteiger charge is -2.34. The van der Waals surface area contributed by atoms with E-state index in [9.17, 15) is 4.79 Å². The van der Waals surface area contributed by atoms with Crippen molar-refractivity contribution in [3.8, 4) is 0 Å². The Morgan fingerprint density at radius 3 is 2.46 bits per heavy atom. The highest BCUT2D eigenvalue weighted by molar-refractivity contribution is 14.0. The molecule has 0 atom stereocenters. The van der Waals surface area contributed by atoms with Gasteiger partial charge in [0.15, 0.2) is 5.96 Å². The molecule has 0 bridgehead atoms. The highest BCUT2D eigenvalue weighted by atomic mass is 127. The number of ether oxygens (including phenoxy) is 1. The minimum Gasteiger partial charge on any atom is -0.378 e. The lowest BCUT2D eigenvalue weighted by molar-refractivity contribution is 0.0264. The van der Waals surface area contributed by atoms with Crippen LogP contribution >= 0.6 is 24.0 Å². The van der Waals surface area contributed by atoms with E-state index in [0.29, 0.717) is 18.2 Å². The summed E-state index contributed by atoms with van der Waals surface area (Å²) in [4.78, 5) is 18.6. The number of piperidine rings is 1. The number of hydrogen-bond donors (Lipinski definition) is 2. The molecule has 1 fully saturated rings. The van der Waals surface area contributed by atoms with Gasteiger partial charge in [-0.1, -0.05) is 18.2 Å². The second kappa shape index (κ2) is 12.9. The second-order valence-electron chi connectivity index (χ2n) is 6.09. The molecule has 2 rings (SSSR count). The van der Waals surface area contributed by atoms with Crippen LogP contribution in [0.5, 0.6) is 0 Å². The number of aliphatic imine (C=N–C) groups is 1. The van der Waals surface area contributed by atoms with Gasteiger partial charge in [0.25, 0.3) is 5.91 Å². The molecule has 1 amide bonds. The van der Waals surface area contributed by atoms with Gasteiger partial charge in [0.2, 0.25) is 0 Å². The van der Waals surface area contributed by atoms with Gasteiger partial charge in [-0.25, -0.2) is 0 Å². The Labute approximate surface area is 173 Å². The summed E-state index contributed by atoms with van der Waals surface area (Å²) in [5, 5.41) is 6.32. The predicted octanol–water partition coefficient (Wildman–Crippen LogP) is 2.50. The standard InChI is InChI=1S/C19H30N4O2.HI/c1-3-25-17-10-14-23(15-11-17)19(20-2)22-13-7-12-21-18(24)16-8-5-4-6-9-16;/h4-6,8-9,17H,3,7,10-15H2,1-2H3,(H,20,22)(H,21,24);1H. The third-order valence-electron chi connectivity index (χ3n) is 4.31. The van der Waals surface area contributed by atoms with Crippen LogP contribution in [0.15, 0.2) is 35.3 Å². The van der Waals surface area contributed by atoms with Gasteiger partial charge in [0, 0.05) is 45.4 Å². The first kappa shape index (κ1) is 22.7. The minimum absolute atomic E-state index is 0. The fourth-order valence-electron chi connectivity index (χ4n) is 2.98. The number of amides is 1. The van der Waals surface area contributed by atoms with Crippen molar-refractivity contribution in [3.63, 3.8) is 0 Å². The Morgan fingerprint density at radius 2 is 1.85 bits per heavy atom. The first-order valence-electron chi connectivity index (χ1n) is 9.15. The number of carbonyl (C=O) groups excluding carboxylic acids is 1. The van der Waals surface area contributed by atoms with Crippen LogP contribution in [0.3, 0.4) is 0 Å². The summed E-state index contributed by atoms with van der Waals surface area (Å²) in [5.74, 6) is 0.910. The normalized spacial score (nSPS) is 15.3. The van der Waals surface area contributed by atoms with Gasteiger partial charge >= 0.3 is 0 Å². The zero-order valence-electron chi connectivity index (χ0n) is 15.7.